The minimum absolute atomic E-state index is 0.503. The lowest BCUT2D eigenvalue weighted by atomic mass is 9.87. The number of nitrogens with zero attached hydrogens (tertiary/aromatic N) is 6. The molecule has 4 aliphatic rings. The van der Waals surface area contributed by atoms with Gasteiger partial charge in [-0.2, -0.15) is 20.1 Å². The molecule has 0 radical (unpaired) electrons. The van der Waals surface area contributed by atoms with Crippen LogP contribution in [0.25, 0.3) is 0 Å². The number of benzene rings is 1. The lowest BCUT2D eigenvalue weighted by Crippen LogP contribution is -2.48. The Kier molecular flexibility index (Phi) is 5.25. The van der Waals surface area contributed by atoms with Crippen molar-refractivity contribution in [2.45, 2.75) is 32.1 Å². The molecule has 0 aliphatic carbocycles. The average Bonchev–Trinajstić information content (AvgIpc) is 2.80. The molecule has 4 saturated heterocycles. The van der Waals surface area contributed by atoms with Crippen molar-refractivity contribution in [3.63, 3.8) is 0 Å². The molecule has 1 aromatic carbocycles. The van der Waals surface area contributed by atoms with E-state index in [4.69, 9.17) is 5.10 Å². The van der Waals surface area contributed by atoms with E-state index in [1.807, 2.05) is 30.3 Å². The van der Waals surface area contributed by atoms with Gasteiger partial charge < -0.3 is 10.2 Å². The molecule has 5 heterocycles. The third-order valence-electron chi connectivity index (χ3n) is 6.04. The maximum atomic E-state index is 4.70. The van der Waals surface area contributed by atoms with Crippen LogP contribution in [0, 0.1) is 5.92 Å². The van der Waals surface area contributed by atoms with Gasteiger partial charge in [0.25, 0.3) is 0 Å². The van der Waals surface area contributed by atoms with E-state index in [-0.39, 0.29) is 0 Å². The second kappa shape index (κ2) is 8.32. The lowest BCUT2D eigenvalue weighted by Gasteiger charge is -2.39. The van der Waals surface area contributed by atoms with Crippen molar-refractivity contribution in [3.8, 4) is 0 Å². The first kappa shape index (κ1) is 18.3. The van der Waals surface area contributed by atoms with Crippen LogP contribution in [0.15, 0.2) is 35.4 Å². The quantitative estimate of drug-likeness (QED) is 0.757. The molecule has 0 amide bonds. The highest BCUT2D eigenvalue weighted by atomic mass is 15.4. The lowest BCUT2D eigenvalue weighted by molar-refractivity contribution is 0.200. The van der Waals surface area contributed by atoms with E-state index >= 15 is 0 Å². The molecule has 4 aliphatic heterocycles. The standard InChI is InChI=1S/C21H28N8/c1-3-7-17(8-4-1)22-19-23-20(25-21(24-19)29-11-5-2-6-12-29)27-26-18-15-28-13-9-16(18)10-14-28/h1,3-4,7-8,16H,2,5-6,9-15H2,(H2,22,23,24,25,27)/b26-18-. The highest BCUT2D eigenvalue weighted by Crippen LogP contribution is 2.26. The molecule has 2 aromatic rings. The number of hydrogen-bond acceptors (Lipinski definition) is 8. The van der Waals surface area contributed by atoms with Crippen LogP contribution in [0.5, 0.6) is 0 Å². The largest absolute Gasteiger partial charge is 0.341 e. The number of para-hydroxylation sites is 1. The van der Waals surface area contributed by atoms with Crippen molar-refractivity contribution in [1.82, 2.24) is 19.9 Å². The van der Waals surface area contributed by atoms with Gasteiger partial charge in [-0.15, -0.1) is 0 Å². The first-order valence-corrected chi connectivity index (χ1v) is 10.7. The van der Waals surface area contributed by atoms with Crippen LogP contribution in [0.4, 0.5) is 23.5 Å². The van der Waals surface area contributed by atoms with E-state index in [2.05, 4.69) is 35.5 Å². The maximum absolute atomic E-state index is 4.70. The minimum atomic E-state index is 0.503. The monoisotopic (exact) mass is 392 g/mol. The van der Waals surface area contributed by atoms with Crippen LogP contribution in [0.3, 0.4) is 0 Å². The summed E-state index contributed by atoms with van der Waals surface area (Å²) in [5.41, 5.74) is 5.32. The van der Waals surface area contributed by atoms with E-state index < -0.39 is 0 Å². The van der Waals surface area contributed by atoms with Crippen LogP contribution in [0.2, 0.25) is 0 Å². The fourth-order valence-corrected chi connectivity index (χ4v) is 4.39. The summed E-state index contributed by atoms with van der Waals surface area (Å²) in [6.07, 6.45) is 6.04. The van der Waals surface area contributed by atoms with Crippen molar-refractivity contribution >= 4 is 29.2 Å². The Balaban J connectivity index is 1.39. The fourth-order valence-electron chi connectivity index (χ4n) is 4.39. The summed E-state index contributed by atoms with van der Waals surface area (Å²) < 4.78 is 0. The van der Waals surface area contributed by atoms with Gasteiger partial charge in [-0.3, -0.25) is 4.90 Å². The van der Waals surface area contributed by atoms with E-state index in [0.717, 1.165) is 31.3 Å². The Hall–Kier alpha value is -2.74. The number of piperidine rings is 4. The maximum Gasteiger partial charge on any atom is 0.250 e. The predicted molar refractivity (Wildman–Crippen MR) is 116 cm³/mol. The molecule has 152 valence electrons. The zero-order chi connectivity index (χ0) is 19.5. The number of fused-ring (bicyclic) bond motifs is 3. The van der Waals surface area contributed by atoms with E-state index in [1.54, 1.807) is 0 Å². The number of hydrogen-bond donors (Lipinski definition) is 2. The topological polar surface area (TPSA) is 81.6 Å². The molecule has 6 rings (SSSR count). The van der Waals surface area contributed by atoms with Gasteiger partial charge in [-0.25, -0.2) is 5.43 Å². The fraction of sp³-hybridized carbons (Fsp3) is 0.524. The normalized spacial score (nSPS) is 25.2. The van der Waals surface area contributed by atoms with E-state index in [9.17, 15) is 0 Å². The highest BCUT2D eigenvalue weighted by molar-refractivity contribution is 5.90. The Bertz CT molecular complexity index is 854. The van der Waals surface area contributed by atoms with Gasteiger partial charge in [-0.05, 0) is 57.3 Å². The molecule has 0 spiro atoms. The van der Waals surface area contributed by atoms with Crippen LogP contribution >= 0.6 is 0 Å². The zero-order valence-electron chi connectivity index (χ0n) is 16.7. The third-order valence-corrected chi connectivity index (χ3v) is 6.04. The number of rotatable bonds is 5. The van der Waals surface area contributed by atoms with E-state index in [0.29, 0.717) is 17.8 Å². The van der Waals surface area contributed by atoms with Crippen molar-refractivity contribution in [2.24, 2.45) is 11.0 Å². The first-order valence-electron chi connectivity index (χ1n) is 10.7. The molecule has 8 nitrogen and oxygen atoms in total. The summed E-state index contributed by atoms with van der Waals surface area (Å²) in [6.45, 7) is 5.32. The Morgan fingerprint density at radius 3 is 2.34 bits per heavy atom. The Morgan fingerprint density at radius 1 is 0.862 bits per heavy atom. The Morgan fingerprint density at radius 2 is 1.62 bits per heavy atom. The van der Waals surface area contributed by atoms with Gasteiger partial charge in [0, 0.05) is 31.2 Å². The van der Waals surface area contributed by atoms with Gasteiger partial charge in [0.05, 0.1) is 5.71 Å². The molecule has 0 saturated carbocycles. The molecule has 0 unspecified atom stereocenters. The molecular weight excluding hydrogens is 364 g/mol. The summed E-state index contributed by atoms with van der Waals surface area (Å²) in [7, 11) is 0. The van der Waals surface area contributed by atoms with Gasteiger partial charge in [-0.1, -0.05) is 18.2 Å². The number of aromatic nitrogens is 3. The molecule has 4 fully saturated rings. The van der Waals surface area contributed by atoms with E-state index in [1.165, 1.54) is 50.9 Å². The molecule has 1 aromatic heterocycles. The molecule has 0 atom stereocenters. The van der Waals surface area contributed by atoms with Crippen molar-refractivity contribution in [2.75, 3.05) is 48.4 Å². The van der Waals surface area contributed by atoms with Gasteiger partial charge in [0.1, 0.15) is 0 Å². The first-order chi connectivity index (χ1) is 14.3. The summed E-state index contributed by atoms with van der Waals surface area (Å²) in [5.74, 6) is 2.36. The van der Waals surface area contributed by atoms with Crippen LogP contribution in [-0.4, -0.2) is 58.3 Å². The van der Waals surface area contributed by atoms with Gasteiger partial charge >= 0.3 is 0 Å². The molecule has 29 heavy (non-hydrogen) atoms. The molecule has 8 heteroatoms. The van der Waals surface area contributed by atoms with Crippen molar-refractivity contribution in [3.05, 3.63) is 30.3 Å². The number of hydrazone groups is 1. The van der Waals surface area contributed by atoms with Gasteiger partial charge in [0.15, 0.2) is 0 Å². The second-order valence-corrected chi connectivity index (χ2v) is 8.09. The summed E-state index contributed by atoms with van der Waals surface area (Å²) in [6, 6.07) is 9.99. The third kappa shape index (κ3) is 4.32. The highest BCUT2D eigenvalue weighted by Gasteiger charge is 2.31. The summed E-state index contributed by atoms with van der Waals surface area (Å²) in [4.78, 5) is 18.6. The van der Waals surface area contributed by atoms with Gasteiger partial charge in [0.2, 0.25) is 17.8 Å². The smallest absolute Gasteiger partial charge is 0.250 e. The summed E-state index contributed by atoms with van der Waals surface area (Å²) >= 11 is 0. The molecule has 2 bridgehead atoms. The molecule has 2 N–H and O–H groups in total. The van der Waals surface area contributed by atoms with Crippen LogP contribution < -0.4 is 15.6 Å². The summed E-state index contributed by atoms with van der Waals surface area (Å²) in [5, 5.41) is 8.00. The number of nitrogens with one attached hydrogen (secondary N) is 2. The predicted octanol–water partition coefficient (Wildman–Crippen LogP) is 3.10. The van der Waals surface area contributed by atoms with Crippen LogP contribution in [0.1, 0.15) is 32.1 Å². The van der Waals surface area contributed by atoms with Crippen molar-refractivity contribution in [1.29, 1.82) is 0 Å². The second-order valence-electron chi connectivity index (χ2n) is 8.09. The number of anilines is 4. The minimum Gasteiger partial charge on any atom is -0.341 e. The molecular formula is C21H28N8. The zero-order valence-corrected chi connectivity index (χ0v) is 16.7. The van der Waals surface area contributed by atoms with Crippen molar-refractivity contribution < 1.29 is 0 Å². The van der Waals surface area contributed by atoms with Crippen LogP contribution in [-0.2, 0) is 0 Å². The Labute approximate surface area is 171 Å². The SMILES string of the molecule is c1ccc(Nc2nc(N/N=C3/CN4CCC3CC4)nc(N3CCCCC3)n2)cc1. The average molecular weight is 393 g/mol.